The van der Waals surface area contributed by atoms with Crippen molar-refractivity contribution in [1.29, 1.82) is 0 Å². The Morgan fingerprint density at radius 1 is 0.706 bits per heavy atom. The van der Waals surface area contributed by atoms with Crippen LogP contribution in [-0.4, -0.2) is 55.7 Å². The van der Waals surface area contributed by atoms with Gasteiger partial charge in [0, 0.05) is 6.08 Å². The topological polar surface area (TPSA) is 182 Å². The normalized spacial score (nSPS) is 9.68. The second kappa shape index (κ2) is 13.4. The van der Waals surface area contributed by atoms with Crippen molar-refractivity contribution in [3.05, 3.63) is 89.5 Å². The Hall–Kier alpha value is -4.99. The Morgan fingerprint density at radius 3 is 1.53 bits per heavy atom. The van der Waals surface area contributed by atoms with Gasteiger partial charge < -0.3 is 35.4 Å². The van der Waals surface area contributed by atoms with Crippen molar-refractivity contribution in [3.8, 4) is 23.0 Å². The minimum atomic E-state index is -1.11. The lowest BCUT2D eigenvalue weighted by Gasteiger charge is -2.03. The van der Waals surface area contributed by atoms with Crippen molar-refractivity contribution in [1.82, 2.24) is 0 Å². The Kier molecular flexibility index (Phi) is 10.7. The summed E-state index contributed by atoms with van der Waals surface area (Å²) in [4.78, 5) is 30.8. The standard InChI is InChI=1S/C10H10O4.2C7H6O3/c1-14-9-6-7(2-4-8(9)11)3-5-10(12)13;2*8-6-4-2-1-3-5(6)7(9)10/h2-6,11H,1H3,(H,12,13);2*1-4,8H,(H,9,10)/b5-3+;;. The van der Waals surface area contributed by atoms with Gasteiger partial charge in [-0.3, -0.25) is 0 Å². The van der Waals surface area contributed by atoms with Crippen LogP contribution in [-0.2, 0) is 4.79 Å². The molecule has 0 bridgehead atoms. The minimum absolute atomic E-state index is 0.0278. The van der Waals surface area contributed by atoms with Gasteiger partial charge in [-0.1, -0.05) is 30.3 Å². The average molecular weight is 470 g/mol. The minimum Gasteiger partial charge on any atom is -0.507 e. The zero-order valence-corrected chi connectivity index (χ0v) is 17.8. The van der Waals surface area contributed by atoms with Gasteiger partial charge in [0.05, 0.1) is 7.11 Å². The summed E-state index contributed by atoms with van der Waals surface area (Å²) in [6, 6.07) is 16.2. The third kappa shape index (κ3) is 9.02. The average Bonchev–Trinajstić information content (AvgIpc) is 2.79. The fourth-order valence-corrected chi connectivity index (χ4v) is 2.27. The molecule has 0 heterocycles. The van der Waals surface area contributed by atoms with Gasteiger partial charge >= 0.3 is 17.9 Å². The number of aromatic hydroxyl groups is 3. The number of hydrogen-bond donors (Lipinski definition) is 6. The van der Waals surface area contributed by atoms with Crippen molar-refractivity contribution < 1.29 is 49.8 Å². The highest BCUT2D eigenvalue weighted by atomic mass is 16.5. The van der Waals surface area contributed by atoms with Crippen molar-refractivity contribution in [2.45, 2.75) is 0 Å². The van der Waals surface area contributed by atoms with Crippen LogP contribution >= 0.6 is 0 Å². The number of ether oxygens (including phenoxy) is 1. The lowest BCUT2D eigenvalue weighted by molar-refractivity contribution is -0.131. The van der Waals surface area contributed by atoms with Crippen LogP contribution < -0.4 is 4.74 Å². The molecule has 0 fully saturated rings. The van der Waals surface area contributed by atoms with Gasteiger partial charge in [-0.05, 0) is 48.0 Å². The first kappa shape index (κ1) is 27.0. The number of phenolic OH excluding ortho intramolecular Hbond substituents is 1. The largest absolute Gasteiger partial charge is 0.507 e. The van der Waals surface area contributed by atoms with E-state index in [0.29, 0.717) is 11.3 Å². The summed E-state index contributed by atoms with van der Waals surface area (Å²) >= 11 is 0. The van der Waals surface area contributed by atoms with Crippen LogP contribution in [0.2, 0.25) is 0 Å². The van der Waals surface area contributed by atoms with Crippen LogP contribution in [0.3, 0.4) is 0 Å². The summed E-state index contributed by atoms with van der Waals surface area (Å²) in [5.41, 5.74) is 0.520. The molecule has 0 saturated carbocycles. The number of carbonyl (C=O) groups is 3. The summed E-state index contributed by atoms with van der Waals surface area (Å²) in [6.45, 7) is 0. The first-order chi connectivity index (χ1) is 16.1. The number of carboxylic acid groups (broad SMARTS) is 3. The molecule has 3 aromatic rings. The van der Waals surface area contributed by atoms with Crippen molar-refractivity contribution in [3.63, 3.8) is 0 Å². The summed E-state index contributed by atoms with van der Waals surface area (Å²) in [6.07, 6.45) is 2.44. The first-order valence-corrected chi connectivity index (χ1v) is 9.37. The maximum Gasteiger partial charge on any atom is 0.339 e. The molecule has 0 aliphatic rings. The quantitative estimate of drug-likeness (QED) is 0.301. The van der Waals surface area contributed by atoms with E-state index in [4.69, 9.17) is 30.3 Å². The second-order valence-corrected chi connectivity index (χ2v) is 6.25. The molecule has 0 aliphatic carbocycles. The van der Waals surface area contributed by atoms with Crippen LogP contribution in [0.1, 0.15) is 26.3 Å². The maximum absolute atomic E-state index is 10.3. The van der Waals surface area contributed by atoms with Gasteiger partial charge in [0.2, 0.25) is 0 Å². The molecule has 0 unspecified atom stereocenters. The summed E-state index contributed by atoms with van der Waals surface area (Å²) in [7, 11) is 1.43. The van der Waals surface area contributed by atoms with E-state index < -0.39 is 17.9 Å². The molecule has 6 N–H and O–H groups in total. The van der Waals surface area contributed by atoms with Crippen LogP contribution in [0.25, 0.3) is 6.08 Å². The highest BCUT2D eigenvalue weighted by Crippen LogP contribution is 2.26. The predicted octanol–water partition coefficient (Wildman–Crippen LogP) is 3.68. The second-order valence-electron chi connectivity index (χ2n) is 6.25. The first-order valence-electron chi connectivity index (χ1n) is 9.37. The van der Waals surface area contributed by atoms with E-state index in [1.165, 1.54) is 43.5 Å². The summed E-state index contributed by atoms with van der Waals surface area (Å²) < 4.78 is 4.86. The fraction of sp³-hybridized carbons (Fsp3) is 0.0417. The number of phenols is 3. The Morgan fingerprint density at radius 2 is 1.18 bits per heavy atom. The highest BCUT2D eigenvalue weighted by molar-refractivity contribution is 5.91. The number of methoxy groups -OCH3 is 1. The fourth-order valence-electron chi connectivity index (χ4n) is 2.27. The Labute approximate surface area is 193 Å². The molecule has 0 atom stereocenters. The van der Waals surface area contributed by atoms with Crippen molar-refractivity contribution in [2.24, 2.45) is 0 Å². The SMILES string of the molecule is COc1cc(/C=C/C(=O)O)ccc1O.O=C(O)c1ccccc1O.O=C(O)c1ccccc1O. The van der Waals surface area contributed by atoms with Crippen LogP contribution in [0.15, 0.2) is 72.8 Å². The van der Waals surface area contributed by atoms with Crippen LogP contribution in [0.4, 0.5) is 0 Å². The number of carboxylic acids is 3. The van der Waals surface area contributed by atoms with E-state index in [2.05, 4.69) is 0 Å². The zero-order valence-electron chi connectivity index (χ0n) is 17.8. The number of benzene rings is 3. The molecule has 178 valence electrons. The third-order valence-electron chi connectivity index (χ3n) is 3.89. The molecule has 0 aromatic heterocycles. The van der Waals surface area contributed by atoms with Gasteiger partial charge in [-0.2, -0.15) is 0 Å². The van der Waals surface area contributed by atoms with Crippen LogP contribution in [0, 0.1) is 0 Å². The molecule has 3 rings (SSSR count). The molecule has 0 amide bonds. The van der Waals surface area contributed by atoms with Crippen molar-refractivity contribution in [2.75, 3.05) is 7.11 Å². The molecule has 10 nitrogen and oxygen atoms in total. The smallest absolute Gasteiger partial charge is 0.339 e. The molecule has 0 radical (unpaired) electrons. The monoisotopic (exact) mass is 470 g/mol. The van der Waals surface area contributed by atoms with E-state index in [1.54, 1.807) is 36.4 Å². The van der Waals surface area contributed by atoms with E-state index in [9.17, 15) is 19.5 Å². The zero-order chi connectivity index (χ0) is 25.7. The predicted molar refractivity (Wildman–Crippen MR) is 121 cm³/mol. The van der Waals surface area contributed by atoms with E-state index in [1.807, 2.05) is 0 Å². The van der Waals surface area contributed by atoms with Crippen LogP contribution in [0.5, 0.6) is 23.0 Å². The summed E-state index contributed by atoms with van der Waals surface area (Å²) in [5, 5.41) is 52.2. The molecule has 3 aromatic carbocycles. The molecule has 0 aliphatic heterocycles. The molecule has 10 heteroatoms. The molecule has 0 saturated heterocycles. The number of para-hydroxylation sites is 2. The van der Waals surface area contributed by atoms with E-state index >= 15 is 0 Å². The lowest BCUT2D eigenvalue weighted by Crippen LogP contribution is -1.95. The maximum atomic E-state index is 10.3. The molecular formula is C24H22O10. The number of aromatic carboxylic acids is 2. The van der Waals surface area contributed by atoms with Gasteiger partial charge in [0.25, 0.3) is 0 Å². The number of hydrogen-bond acceptors (Lipinski definition) is 7. The van der Waals surface area contributed by atoms with Gasteiger partial charge in [0.15, 0.2) is 11.5 Å². The van der Waals surface area contributed by atoms with E-state index in [0.717, 1.165) is 6.08 Å². The Balaban J connectivity index is 0.000000261. The summed E-state index contributed by atoms with van der Waals surface area (Å²) in [5.74, 6) is -3.30. The molecule has 0 spiro atoms. The molecule has 34 heavy (non-hydrogen) atoms. The molecular weight excluding hydrogens is 448 g/mol. The number of aliphatic carboxylic acids is 1. The van der Waals surface area contributed by atoms with Crippen molar-refractivity contribution >= 4 is 24.0 Å². The Bertz CT molecular complexity index is 1110. The van der Waals surface area contributed by atoms with Gasteiger partial charge in [-0.15, -0.1) is 0 Å². The van der Waals surface area contributed by atoms with Gasteiger partial charge in [-0.25, -0.2) is 14.4 Å². The van der Waals surface area contributed by atoms with Gasteiger partial charge in [0.1, 0.15) is 22.6 Å². The van der Waals surface area contributed by atoms with E-state index in [-0.39, 0.29) is 28.4 Å². The highest BCUT2D eigenvalue weighted by Gasteiger charge is 2.06. The third-order valence-corrected chi connectivity index (χ3v) is 3.89. The number of rotatable bonds is 5. The lowest BCUT2D eigenvalue weighted by atomic mass is 10.2.